The number of ether oxygens (including phenoxy) is 1. The quantitative estimate of drug-likeness (QED) is 0.743. The number of allylic oxidation sites excluding steroid dienone is 1. The molecule has 2 nitrogen and oxygen atoms in total. The van der Waals surface area contributed by atoms with Gasteiger partial charge in [0.05, 0.1) is 17.7 Å². The molecule has 1 aromatic carbocycles. The molecule has 0 amide bonds. The van der Waals surface area contributed by atoms with E-state index in [0.29, 0.717) is 5.56 Å². The first-order valence-corrected chi connectivity index (χ1v) is 4.60. The van der Waals surface area contributed by atoms with E-state index in [-0.39, 0.29) is 16.2 Å². The first kappa shape index (κ1) is 11.7. The Morgan fingerprint density at radius 2 is 2.27 bits per heavy atom. The van der Waals surface area contributed by atoms with Crippen LogP contribution in [-0.4, -0.2) is 19.8 Å². The molecule has 1 rings (SSSR count). The van der Waals surface area contributed by atoms with E-state index in [1.807, 2.05) is 0 Å². The fraction of sp³-hybridized carbons (Fsp3) is 0.182. The van der Waals surface area contributed by atoms with Gasteiger partial charge < -0.3 is 4.74 Å². The van der Waals surface area contributed by atoms with Crippen LogP contribution in [0.1, 0.15) is 15.9 Å². The largest absolute Gasteiger partial charge is 0.465 e. The third-order valence-electron chi connectivity index (χ3n) is 1.95. The van der Waals surface area contributed by atoms with Gasteiger partial charge in [-0.15, -0.1) is 0 Å². The van der Waals surface area contributed by atoms with E-state index >= 15 is 0 Å². The molecule has 0 fully saturated rings. The summed E-state index contributed by atoms with van der Waals surface area (Å²) in [5.41, 5.74) is 0.749. The summed E-state index contributed by atoms with van der Waals surface area (Å²) >= 11 is 5.84. The standard InChI is InChI=1S/C11H10ClFO2/c1-7(6-13)8-4-3-5-9(12)10(8)11(14)15-2/h3-5H,1,6H2,2H3. The number of benzene rings is 1. The van der Waals surface area contributed by atoms with Crippen molar-refractivity contribution in [2.24, 2.45) is 0 Å². The summed E-state index contributed by atoms with van der Waals surface area (Å²) < 4.78 is 17.0. The zero-order valence-corrected chi connectivity index (χ0v) is 8.97. The van der Waals surface area contributed by atoms with Crippen LogP contribution in [-0.2, 0) is 4.74 Å². The first-order chi connectivity index (χ1) is 7.11. The van der Waals surface area contributed by atoms with Crippen LogP contribution in [0.5, 0.6) is 0 Å². The molecule has 0 saturated heterocycles. The summed E-state index contributed by atoms with van der Waals surface area (Å²) in [6.07, 6.45) is 0. The number of carbonyl (C=O) groups is 1. The predicted molar refractivity (Wildman–Crippen MR) is 57.8 cm³/mol. The molecule has 0 aliphatic rings. The number of hydrogen-bond donors (Lipinski definition) is 0. The Morgan fingerprint density at radius 3 is 2.80 bits per heavy atom. The van der Waals surface area contributed by atoms with E-state index in [0.717, 1.165) is 0 Å². The summed E-state index contributed by atoms with van der Waals surface area (Å²) in [6, 6.07) is 4.76. The normalized spacial score (nSPS) is 9.80. The predicted octanol–water partition coefficient (Wildman–Crippen LogP) is 3.11. The van der Waals surface area contributed by atoms with E-state index in [1.54, 1.807) is 18.2 Å². The highest BCUT2D eigenvalue weighted by molar-refractivity contribution is 6.34. The molecule has 0 N–H and O–H groups in total. The van der Waals surface area contributed by atoms with Crippen molar-refractivity contribution in [3.8, 4) is 0 Å². The highest BCUT2D eigenvalue weighted by Gasteiger charge is 2.17. The van der Waals surface area contributed by atoms with Crippen molar-refractivity contribution in [2.45, 2.75) is 0 Å². The third kappa shape index (κ3) is 2.36. The lowest BCUT2D eigenvalue weighted by molar-refractivity contribution is 0.0600. The molecule has 1 aromatic rings. The summed E-state index contributed by atoms with van der Waals surface area (Å²) in [7, 11) is 1.24. The number of hydrogen-bond acceptors (Lipinski definition) is 2. The first-order valence-electron chi connectivity index (χ1n) is 4.22. The molecule has 0 aliphatic heterocycles. The summed E-state index contributed by atoms with van der Waals surface area (Å²) in [6.45, 7) is 2.79. The van der Waals surface area contributed by atoms with Crippen molar-refractivity contribution in [1.82, 2.24) is 0 Å². The molecule has 0 aromatic heterocycles. The van der Waals surface area contributed by atoms with Gasteiger partial charge in [-0.3, -0.25) is 0 Å². The lowest BCUT2D eigenvalue weighted by Gasteiger charge is -2.09. The van der Waals surface area contributed by atoms with Crippen molar-refractivity contribution in [3.63, 3.8) is 0 Å². The monoisotopic (exact) mass is 228 g/mol. The van der Waals surface area contributed by atoms with Crippen LogP contribution in [0.2, 0.25) is 5.02 Å². The van der Waals surface area contributed by atoms with Crippen LogP contribution in [0.25, 0.3) is 5.57 Å². The number of esters is 1. The second-order valence-electron chi connectivity index (χ2n) is 2.89. The Bertz CT molecular complexity index is 402. The van der Waals surface area contributed by atoms with Gasteiger partial charge >= 0.3 is 5.97 Å². The van der Waals surface area contributed by atoms with E-state index in [4.69, 9.17) is 11.6 Å². The Morgan fingerprint density at radius 1 is 1.60 bits per heavy atom. The molecular formula is C11H10ClFO2. The van der Waals surface area contributed by atoms with Crippen molar-refractivity contribution in [2.75, 3.05) is 13.8 Å². The van der Waals surface area contributed by atoms with Crippen LogP contribution >= 0.6 is 11.6 Å². The molecule has 15 heavy (non-hydrogen) atoms. The van der Waals surface area contributed by atoms with Gasteiger partial charge in [-0.25, -0.2) is 9.18 Å². The highest BCUT2D eigenvalue weighted by atomic mass is 35.5. The fourth-order valence-electron chi connectivity index (χ4n) is 1.20. The maximum absolute atomic E-state index is 12.5. The zero-order valence-electron chi connectivity index (χ0n) is 8.22. The third-order valence-corrected chi connectivity index (χ3v) is 2.26. The molecule has 0 radical (unpaired) electrons. The topological polar surface area (TPSA) is 26.3 Å². The molecule has 0 saturated carbocycles. The van der Waals surface area contributed by atoms with Gasteiger partial charge in [0.15, 0.2) is 0 Å². The minimum absolute atomic E-state index is 0.157. The van der Waals surface area contributed by atoms with Gasteiger partial charge in [0.25, 0.3) is 0 Å². The van der Waals surface area contributed by atoms with Crippen LogP contribution in [0.3, 0.4) is 0 Å². The fourth-order valence-corrected chi connectivity index (χ4v) is 1.45. The van der Waals surface area contributed by atoms with Gasteiger partial charge in [0, 0.05) is 0 Å². The van der Waals surface area contributed by atoms with E-state index < -0.39 is 12.6 Å². The Hall–Kier alpha value is -1.35. The maximum atomic E-state index is 12.5. The summed E-state index contributed by atoms with van der Waals surface area (Å²) in [5.74, 6) is -0.592. The smallest absolute Gasteiger partial charge is 0.339 e. The highest BCUT2D eigenvalue weighted by Crippen LogP contribution is 2.25. The van der Waals surface area contributed by atoms with Gasteiger partial charge in [0.2, 0.25) is 0 Å². The summed E-state index contributed by atoms with van der Waals surface area (Å²) in [5, 5.41) is 0.231. The molecule has 80 valence electrons. The molecular weight excluding hydrogens is 219 g/mol. The molecule has 4 heteroatoms. The maximum Gasteiger partial charge on any atom is 0.339 e. The van der Waals surface area contributed by atoms with Crippen LogP contribution in [0.4, 0.5) is 4.39 Å². The average molecular weight is 229 g/mol. The zero-order chi connectivity index (χ0) is 11.4. The number of carbonyl (C=O) groups excluding carboxylic acids is 1. The second-order valence-corrected chi connectivity index (χ2v) is 3.30. The van der Waals surface area contributed by atoms with Gasteiger partial charge in [-0.05, 0) is 17.2 Å². The van der Waals surface area contributed by atoms with Crippen molar-refractivity contribution in [1.29, 1.82) is 0 Å². The average Bonchev–Trinajstić information content (AvgIpc) is 2.26. The van der Waals surface area contributed by atoms with Crippen LogP contribution in [0.15, 0.2) is 24.8 Å². The van der Waals surface area contributed by atoms with Crippen molar-refractivity contribution >= 4 is 23.1 Å². The Balaban J connectivity index is 3.32. The molecule has 0 spiro atoms. The van der Waals surface area contributed by atoms with Crippen LogP contribution in [0, 0.1) is 0 Å². The van der Waals surface area contributed by atoms with Crippen LogP contribution < -0.4 is 0 Å². The van der Waals surface area contributed by atoms with Gasteiger partial charge in [-0.2, -0.15) is 0 Å². The number of halogens is 2. The molecule has 0 unspecified atom stereocenters. The van der Waals surface area contributed by atoms with Gasteiger partial charge in [-0.1, -0.05) is 30.3 Å². The number of rotatable bonds is 3. The van der Waals surface area contributed by atoms with Crippen molar-refractivity contribution < 1.29 is 13.9 Å². The molecule has 0 aliphatic carbocycles. The Labute approximate surface area is 92.3 Å². The van der Waals surface area contributed by atoms with E-state index in [1.165, 1.54) is 7.11 Å². The van der Waals surface area contributed by atoms with Crippen molar-refractivity contribution in [3.05, 3.63) is 40.9 Å². The van der Waals surface area contributed by atoms with E-state index in [2.05, 4.69) is 11.3 Å². The summed E-state index contributed by atoms with van der Waals surface area (Å²) in [4.78, 5) is 11.4. The Kier molecular flexibility index (Phi) is 3.86. The minimum atomic E-state index is -0.732. The minimum Gasteiger partial charge on any atom is -0.465 e. The van der Waals surface area contributed by atoms with E-state index in [9.17, 15) is 9.18 Å². The lowest BCUT2D eigenvalue weighted by atomic mass is 10.0. The van der Waals surface area contributed by atoms with Gasteiger partial charge in [0.1, 0.15) is 6.67 Å². The second kappa shape index (κ2) is 4.94. The number of alkyl halides is 1. The molecule has 0 heterocycles. The molecule has 0 bridgehead atoms. The lowest BCUT2D eigenvalue weighted by Crippen LogP contribution is -2.06. The number of methoxy groups -OCH3 is 1. The SMILES string of the molecule is C=C(CF)c1cccc(Cl)c1C(=O)OC. The molecule has 0 atom stereocenters.